The second-order valence-corrected chi connectivity index (χ2v) is 11.4. The largest absolute Gasteiger partial charge is 0.481 e. The fourth-order valence-electron chi connectivity index (χ4n) is 5.22. The van der Waals surface area contributed by atoms with Crippen molar-refractivity contribution in [3.05, 3.63) is 12.2 Å². The molecule has 36 heavy (non-hydrogen) atoms. The fraction of sp³-hybridized carbons (Fsp3) is 0.912. The van der Waals surface area contributed by atoms with E-state index < -0.39 is 5.97 Å². The minimum atomic E-state index is -0.643. The van der Waals surface area contributed by atoms with E-state index in [0.29, 0.717) is 0 Å². The topological polar surface area (TPSA) is 37.3 Å². The third-order valence-electron chi connectivity index (χ3n) is 7.78. The summed E-state index contributed by atoms with van der Waals surface area (Å²) in [4.78, 5) is 11.6. The second kappa shape index (κ2) is 30.4. The summed E-state index contributed by atoms with van der Waals surface area (Å²) in [5, 5.41) is 9.52. The molecule has 0 aromatic carbocycles. The maximum absolute atomic E-state index is 11.6. The third kappa shape index (κ3) is 27.8. The average molecular weight is 507 g/mol. The summed E-state index contributed by atoms with van der Waals surface area (Å²) in [5.74, 6) is -0.921. The Morgan fingerprint density at radius 1 is 0.500 bits per heavy atom. The van der Waals surface area contributed by atoms with Crippen molar-refractivity contribution in [2.24, 2.45) is 5.92 Å². The molecule has 0 aliphatic carbocycles. The molecule has 0 aromatic rings. The van der Waals surface area contributed by atoms with Crippen molar-refractivity contribution in [1.82, 2.24) is 0 Å². The summed E-state index contributed by atoms with van der Waals surface area (Å²) in [6, 6.07) is 0. The van der Waals surface area contributed by atoms with Crippen LogP contribution in [0.4, 0.5) is 0 Å². The molecule has 0 heterocycles. The van der Waals surface area contributed by atoms with Crippen LogP contribution in [-0.4, -0.2) is 11.1 Å². The van der Waals surface area contributed by atoms with Crippen LogP contribution in [0.15, 0.2) is 12.2 Å². The fourth-order valence-corrected chi connectivity index (χ4v) is 5.22. The van der Waals surface area contributed by atoms with Crippen LogP contribution in [0.1, 0.15) is 194 Å². The first-order valence-corrected chi connectivity index (χ1v) is 16.6. The lowest BCUT2D eigenvalue weighted by atomic mass is 9.98. The van der Waals surface area contributed by atoms with Crippen molar-refractivity contribution >= 4 is 5.97 Å². The summed E-state index contributed by atoms with van der Waals surface area (Å²) in [6.07, 6.45) is 41.3. The van der Waals surface area contributed by atoms with Gasteiger partial charge >= 0.3 is 5.97 Å². The van der Waals surface area contributed by atoms with Gasteiger partial charge < -0.3 is 5.11 Å². The van der Waals surface area contributed by atoms with Crippen molar-refractivity contribution in [2.75, 3.05) is 0 Å². The summed E-state index contributed by atoms with van der Waals surface area (Å²) < 4.78 is 0. The lowest BCUT2D eigenvalue weighted by Crippen LogP contribution is -2.10. The van der Waals surface area contributed by atoms with E-state index in [-0.39, 0.29) is 5.92 Å². The smallest absolute Gasteiger partial charge is 0.310 e. The van der Waals surface area contributed by atoms with Gasteiger partial charge in [0, 0.05) is 0 Å². The van der Waals surface area contributed by atoms with E-state index in [2.05, 4.69) is 19.9 Å². The lowest BCUT2D eigenvalue weighted by molar-refractivity contribution is -0.140. The van der Waals surface area contributed by atoms with E-state index in [0.717, 1.165) is 19.3 Å². The molecule has 0 bridgehead atoms. The second-order valence-electron chi connectivity index (χ2n) is 11.4. The summed E-state index contributed by atoms with van der Waals surface area (Å²) in [6.45, 7) is 4.56. The van der Waals surface area contributed by atoms with Crippen LogP contribution in [-0.2, 0) is 4.79 Å². The first-order valence-electron chi connectivity index (χ1n) is 16.6. The Morgan fingerprint density at radius 3 is 1.14 bits per heavy atom. The minimum absolute atomic E-state index is 0.278. The van der Waals surface area contributed by atoms with E-state index in [1.807, 2.05) is 6.08 Å². The molecule has 0 aliphatic rings. The molecule has 1 N–H and O–H groups in total. The molecule has 0 rings (SSSR count). The Hall–Kier alpha value is -0.790. The average Bonchev–Trinajstić information content (AvgIpc) is 2.87. The number of carboxylic acids is 1. The Morgan fingerprint density at radius 2 is 0.806 bits per heavy atom. The SMILES string of the molecule is CCCCCCCCCCCCCCCCC=CC(CCCCCCCCCCCCCC)C(=O)O. The van der Waals surface area contributed by atoms with Gasteiger partial charge in [0.2, 0.25) is 0 Å². The minimum Gasteiger partial charge on any atom is -0.481 e. The molecule has 1 atom stereocenters. The van der Waals surface area contributed by atoms with E-state index in [1.54, 1.807) is 0 Å². The zero-order chi connectivity index (χ0) is 26.4. The molecular weight excluding hydrogens is 440 g/mol. The monoisotopic (exact) mass is 507 g/mol. The first-order chi connectivity index (χ1) is 17.7. The quantitative estimate of drug-likeness (QED) is 0.0776. The number of unbranched alkanes of at least 4 members (excludes halogenated alkanes) is 25. The molecule has 0 spiro atoms. The van der Waals surface area contributed by atoms with E-state index >= 15 is 0 Å². The molecule has 2 nitrogen and oxygen atoms in total. The van der Waals surface area contributed by atoms with Crippen molar-refractivity contribution in [1.29, 1.82) is 0 Å². The van der Waals surface area contributed by atoms with Gasteiger partial charge in [-0.2, -0.15) is 0 Å². The molecule has 0 aliphatic heterocycles. The molecule has 1 unspecified atom stereocenters. The Kier molecular flexibility index (Phi) is 29.8. The standard InChI is InChI=1S/C34H66O2/c1-3-5-7-9-11-13-15-17-18-19-20-22-24-26-28-30-32-33(34(35)36)31-29-27-25-23-21-16-14-12-10-8-6-4-2/h30,32-33H,3-29,31H2,1-2H3,(H,35,36). The van der Waals surface area contributed by atoms with Crippen molar-refractivity contribution in [3.8, 4) is 0 Å². The van der Waals surface area contributed by atoms with Crippen molar-refractivity contribution in [2.45, 2.75) is 194 Å². The van der Waals surface area contributed by atoms with Gasteiger partial charge in [-0.15, -0.1) is 0 Å². The maximum Gasteiger partial charge on any atom is 0.310 e. The highest BCUT2D eigenvalue weighted by Crippen LogP contribution is 2.17. The predicted molar refractivity (Wildman–Crippen MR) is 161 cm³/mol. The number of hydrogen-bond donors (Lipinski definition) is 1. The number of rotatable bonds is 30. The van der Waals surface area contributed by atoms with Crippen LogP contribution >= 0.6 is 0 Å². The summed E-state index contributed by atoms with van der Waals surface area (Å²) in [5.41, 5.74) is 0. The highest BCUT2D eigenvalue weighted by molar-refractivity contribution is 5.72. The first kappa shape index (κ1) is 35.2. The number of hydrogen-bond acceptors (Lipinski definition) is 1. The number of aliphatic carboxylic acids is 1. The number of carbonyl (C=O) groups is 1. The molecule has 0 amide bonds. The molecule has 0 saturated heterocycles. The molecule has 0 saturated carbocycles. The van der Waals surface area contributed by atoms with E-state index in [1.165, 1.54) is 161 Å². The van der Waals surface area contributed by atoms with Crippen LogP contribution in [0.5, 0.6) is 0 Å². The van der Waals surface area contributed by atoms with E-state index in [4.69, 9.17) is 0 Å². The van der Waals surface area contributed by atoms with Crippen LogP contribution in [0.3, 0.4) is 0 Å². The zero-order valence-corrected chi connectivity index (χ0v) is 24.9. The van der Waals surface area contributed by atoms with Gasteiger partial charge in [-0.05, 0) is 19.3 Å². The van der Waals surface area contributed by atoms with Gasteiger partial charge in [0.05, 0.1) is 5.92 Å². The number of allylic oxidation sites excluding steroid dienone is 1. The predicted octanol–water partition coefficient (Wildman–Crippen LogP) is 12.2. The van der Waals surface area contributed by atoms with Gasteiger partial charge in [-0.3, -0.25) is 4.79 Å². The maximum atomic E-state index is 11.6. The van der Waals surface area contributed by atoms with E-state index in [9.17, 15) is 9.90 Å². The molecule has 0 radical (unpaired) electrons. The van der Waals surface area contributed by atoms with Gasteiger partial charge in [-0.25, -0.2) is 0 Å². The van der Waals surface area contributed by atoms with Gasteiger partial charge in [0.1, 0.15) is 0 Å². The molecule has 0 aromatic heterocycles. The van der Waals surface area contributed by atoms with Crippen LogP contribution in [0.25, 0.3) is 0 Å². The third-order valence-corrected chi connectivity index (χ3v) is 7.78. The Balaban J connectivity index is 3.47. The molecule has 2 heteroatoms. The molecular formula is C34H66O2. The van der Waals surface area contributed by atoms with Gasteiger partial charge in [0.25, 0.3) is 0 Å². The summed E-state index contributed by atoms with van der Waals surface area (Å²) in [7, 11) is 0. The Labute approximate surface area is 227 Å². The van der Waals surface area contributed by atoms with Crippen LogP contribution in [0.2, 0.25) is 0 Å². The molecule has 0 fully saturated rings. The zero-order valence-electron chi connectivity index (χ0n) is 24.9. The highest BCUT2D eigenvalue weighted by Gasteiger charge is 2.12. The van der Waals surface area contributed by atoms with Crippen LogP contribution in [0, 0.1) is 5.92 Å². The molecule has 214 valence electrons. The highest BCUT2D eigenvalue weighted by atomic mass is 16.4. The van der Waals surface area contributed by atoms with Crippen molar-refractivity contribution < 1.29 is 9.90 Å². The van der Waals surface area contributed by atoms with Gasteiger partial charge in [-0.1, -0.05) is 187 Å². The van der Waals surface area contributed by atoms with Gasteiger partial charge in [0.15, 0.2) is 0 Å². The van der Waals surface area contributed by atoms with Crippen molar-refractivity contribution in [3.63, 3.8) is 0 Å². The Bertz CT molecular complexity index is 456. The lowest BCUT2D eigenvalue weighted by Gasteiger charge is -2.08. The number of carboxylic acid groups (broad SMARTS) is 1. The normalized spacial score (nSPS) is 12.5. The van der Waals surface area contributed by atoms with Crippen LogP contribution < -0.4 is 0 Å². The summed E-state index contributed by atoms with van der Waals surface area (Å²) >= 11 is 0.